The molecule has 1 aliphatic heterocycles. The molecule has 1 aromatic rings. The van der Waals surface area contributed by atoms with Crippen LogP contribution in [0, 0.1) is 5.92 Å². The van der Waals surface area contributed by atoms with E-state index in [2.05, 4.69) is 5.32 Å². The van der Waals surface area contributed by atoms with Crippen LogP contribution in [0.5, 0.6) is 0 Å². The van der Waals surface area contributed by atoms with Crippen LogP contribution in [-0.2, 0) is 30.4 Å². The molecule has 1 aliphatic rings. The van der Waals surface area contributed by atoms with E-state index in [1.807, 2.05) is 30.3 Å². The molecule has 1 aromatic carbocycles. The quantitative estimate of drug-likeness (QED) is 0.704. The fourth-order valence-electron chi connectivity index (χ4n) is 2.70. The largest absolute Gasteiger partial charge is 0.445 e. The lowest BCUT2D eigenvalue weighted by Crippen LogP contribution is -2.41. The Morgan fingerprint density at radius 3 is 2.76 bits per heavy atom. The number of amides is 1. The minimum Gasteiger partial charge on any atom is -0.445 e. The van der Waals surface area contributed by atoms with Crippen molar-refractivity contribution in [1.82, 2.24) is 5.32 Å². The van der Waals surface area contributed by atoms with Crippen molar-refractivity contribution in [1.29, 1.82) is 0 Å². The summed E-state index contributed by atoms with van der Waals surface area (Å²) in [5.41, 5.74) is 0.877. The maximum Gasteiger partial charge on any atom is 0.407 e. The summed E-state index contributed by atoms with van der Waals surface area (Å²) in [6.45, 7) is 1.39. The van der Waals surface area contributed by atoms with Gasteiger partial charge in [-0.25, -0.2) is 4.79 Å². The van der Waals surface area contributed by atoms with Crippen LogP contribution in [0.1, 0.15) is 24.8 Å². The van der Waals surface area contributed by atoms with Gasteiger partial charge < -0.3 is 14.8 Å². The Kier molecular flexibility index (Phi) is 7.67. The molecule has 0 radical (unpaired) electrons. The van der Waals surface area contributed by atoms with Crippen LogP contribution in [-0.4, -0.2) is 46.6 Å². The van der Waals surface area contributed by atoms with Gasteiger partial charge in [0, 0.05) is 13.2 Å². The van der Waals surface area contributed by atoms with E-state index in [4.69, 9.17) is 13.7 Å². The molecule has 0 aromatic heterocycles. The van der Waals surface area contributed by atoms with E-state index in [-0.39, 0.29) is 19.1 Å². The zero-order valence-electron chi connectivity index (χ0n) is 14.3. The molecule has 0 bridgehead atoms. The van der Waals surface area contributed by atoms with Crippen LogP contribution >= 0.6 is 0 Å². The van der Waals surface area contributed by atoms with E-state index in [0.717, 1.165) is 31.3 Å². The number of ether oxygens (including phenoxy) is 2. The molecule has 25 heavy (non-hydrogen) atoms. The lowest BCUT2D eigenvalue weighted by molar-refractivity contribution is 0.0443. The Balaban J connectivity index is 1.85. The highest BCUT2D eigenvalue weighted by molar-refractivity contribution is 7.85. The van der Waals surface area contributed by atoms with Crippen molar-refractivity contribution >= 4 is 16.2 Å². The van der Waals surface area contributed by atoms with Gasteiger partial charge in [0.15, 0.2) is 0 Å². The van der Waals surface area contributed by atoms with Gasteiger partial charge in [0.25, 0.3) is 10.1 Å². The molecule has 8 heteroatoms. The van der Waals surface area contributed by atoms with Crippen molar-refractivity contribution in [2.75, 3.05) is 26.1 Å². The summed E-state index contributed by atoms with van der Waals surface area (Å²) < 4.78 is 38.0. The first-order chi connectivity index (χ1) is 11.9. The van der Waals surface area contributed by atoms with Gasteiger partial charge in [0.2, 0.25) is 0 Å². The minimum absolute atomic E-state index is 0.115. The van der Waals surface area contributed by atoms with Crippen LogP contribution in [0.15, 0.2) is 30.3 Å². The molecule has 1 amide bonds. The fourth-order valence-corrected chi connectivity index (χ4v) is 3.11. The molecule has 0 aliphatic carbocycles. The van der Waals surface area contributed by atoms with Gasteiger partial charge >= 0.3 is 6.09 Å². The number of rotatable bonds is 8. The molecule has 2 rings (SSSR count). The predicted octanol–water partition coefficient (Wildman–Crippen LogP) is 2.07. The number of alkyl carbamates (subject to hydrolysis) is 1. The Labute approximate surface area is 148 Å². The van der Waals surface area contributed by atoms with Gasteiger partial charge in [-0.1, -0.05) is 30.3 Å². The predicted molar refractivity (Wildman–Crippen MR) is 92.5 cm³/mol. The Morgan fingerprint density at radius 2 is 2.12 bits per heavy atom. The van der Waals surface area contributed by atoms with Crippen LogP contribution < -0.4 is 5.32 Å². The summed E-state index contributed by atoms with van der Waals surface area (Å²) in [5, 5.41) is 2.70. The normalized spacial score (nSPS) is 19.2. The number of hydrogen-bond acceptors (Lipinski definition) is 6. The van der Waals surface area contributed by atoms with Crippen LogP contribution in [0.4, 0.5) is 4.79 Å². The standard InChI is InChI=1S/C17H25NO6S/c1-25(20,21)24-13-16(10-15-8-5-9-22-11-15)18-17(19)23-12-14-6-3-2-4-7-14/h2-4,6-7,15-16H,5,8-13H2,1H3,(H,18,19)/t15-,16-/m1/s1. The summed E-state index contributed by atoms with van der Waals surface area (Å²) in [6.07, 6.45) is 2.92. The van der Waals surface area contributed by atoms with Gasteiger partial charge in [-0.05, 0) is 30.7 Å². The maximum atomic E-state index is 12.0. The van der Waals surface area contributed by atoms with E-state index in [0.29, 0.717) is 13.0 Å². The summed E-state index contributed by atoms with van der Waals surface area (Å²) in [7, 11) is -3.57. The van der Waals surface area contributed by atoms with Crippen molar-refractivity contribution in [3.05, 3.63) is 35.9 Å². The van der Waals surface area contributed by atoms with Crippen LogP contribution in [0.25, 0.3) is 0 Å². The van der Waals surface area contributed by atoms with Crippen molar-refractivity contribution in [3.63, 3.8) is 0 Å². The van der Waals surface area contributed by atoms with Gasteiger partial charge in [-0.3, -0.25) is 4.18 Å². The van der Waals surface area contributed by atoms with Crippen molar-refractivity contribution in [3.8, 4) is 0 Å². The molecular weight excluding hydrogens is 346 g/mol. The molecule has 7 nitrogen and oxygen atoms in total. The van der Waals surface area contributed by atoms with Crippen molar-refractivity contribution < 1.29 is 26.9 Å². The molecule has 1 fully saturated rings. The first-order valence-electron chi connectivity index (χ1n) is 8.32. The zero-order valence-corrected chi connectivity index (χ0v) is 15.2. The Hall–Kier alpha value is -1.64. The van der Waals surface area contributed by atoms with Crippen molar-refractivity contribution in [2.24, 2.45) is 5.92 Å². The third-order valence-electron chi connectivity index (χ3n) is 3.89. The summed E-state index contributed by atoms with van der Waals surface area (Å²) in [4.78, 5) is 12.0. The zero-order chi connectivity index (χ0) is 18.1. The second-order valence-electron chi connectivity index (χ2n) is 6.21. The molecule has 1 N–H and O–H groups in total. The smallest absolute Gasteiger partial charge is 0.407 e. The van der Waals surface area contributed by atoms with Crippen molar-refractivity contribution in [2.45, 2.75) is 31.9 Å². The number of nitrogens with one attached hydrogen (secondary N) is 1. The topological polar surface area (TPSA) is 90.9 Å². The van der Waals surface area contributed by atoms with E-state index in [1.165, 1.54) is 0 Å². The summed E-state index contributed by atoms with van der Waals surface area (Å²) in [6, 6.07) is 8.87. The number of carbonyl (C=O) groups is 1. The monoisotopic (exact) mass is 371 g/mol. The highest BCUT2D eigenvalue weighted by Crippen LogP contribution is 2.19. The lowest BCUT2D eigenvalue weighted by atomic mass is 9.95. The second-order valence-corrected chi connectivity index (χ2v) is 7.85. The van der Waals surface area contributed by atoms with Gasteiger partial charge in [-0.2, -0.15) is 8.42 Å². The molecule has 0 saturated carbocycles. The molecule has 140 valence electrons. The minimum atomic E-state index is -3.57. The van der Waals surface area contributed by atoms with E-state index < -0.39 is 22.3 Å². The van der Waals surface area contributed by atoms with E-state index in [1.54, 1.807) is 0 Å². The number of carbonyl (C=O) groups excluding carboxylic acids is 1. The first-order valence-corrected chi connectivity index (χ1v) is 10.1. The van der Waals surface area contributed by atoms with Gasteiger partial charge in [0.05, 0.1) is 18.9 Å². The fraction of sp³-hybridized carbons (Fsp3) is 0.588. The number of hydrogen-bond donors (Lipinski definition) is 1. The Bertz CT molecular complexity index is 628. The lowest BCUT2D eigenvalue weighted by Gasteiger charge is -2.26. The second kappa shape index (κ2) is 9.74. The molecule has 1 saturated heterocycles. The highest BCUT2D eigenvalue weighted by atomic mass is 32.2. The third kappa shape index (κ3) is 8.33. The van der Waals surface area contributed by atoms with Gasteiger partial charge in [-0.15, -0.1) is 0 Å². The van der Waals surface area contributed by atoms with Crippen LogP contribution in [0.2, 0.25) is 0 Å². The number of benzene rings is 1. The SMILES string of the molecule is CS(=O)(=O)OC[C@@H](C[C@H]1CCCOC1)NC(=O)OCc1ccccc1. The molecule has 2 atom stereocenters. The average molecular weight is 371 g/mol. The third-order valence-corrected chi connectivity index (χ3v) is 4.45. The van der Waals surface area contributed by atoms with Crippen LogP contribution in [0.3, 0.4) is 0 Å². The molecule has 0 unspecified atom stereocenters. The highest BCUT2D eigenvalue weighted by Gasteiger charge is 2.23. The van der Waals surface area contributed by atoms with E-state index >= 15 is 0 Å². The Morgan fingerprint density at radius 1 is 1.36 bits per heavy atom. The average Bonchev–Trinajstić information content (AvgIpc) is 2.59. The first kappa shape index (κ1) is 19.7. The summed E-state index contributed by atoms with van der Waals surface area (Å²) in [5.74, 6) is 0.260. The van der Waals surface area contributed by atoms with Gasteiger partial charge in [0.1, 0.15) is 6.61 Å². The molecule has 1 heterocycles. The maximum absolute atomic E-state index is 12.0. The molecular formula is C17H25NO6S. The van der Waals surface area contributed by atoms with E-state index in [9.17, 15) is 13.2 Å². The molecule has 0 spiro atoms. The summed E-state index contributed by atoms with van der Waals surface area (Å²) >= 11 is 0.